The second-order valence-corrected chi connectivity index (χ2v) is 9.49. The molecule has 1 N–H and O–H groups in total. The van der Waals surface area contributed by atoms with Crippen LogP contribution in [0.3, 0.4) is 0 Å². The van der Waals surface area contributed by atoms with E-state index in [9.17, 15) is 9.59 Å². The monoisotopic (exact) mass is 458 g/mol. The molecule has 2 saturated heterocycles. The van der Waals surface area contributed by atoms with E-state index in [4.69, 9.17) is 17.0 Å². The summed E-state index contributed by atoms with van der Waals surface area (Å²) in [5.41, 5.74) is 1.64. The highest BCUT2D eigenvalue weighted by atomic mass is 32.2. The summed E-state index contributed by atoms with van der Waals surface area (Å²) in [7, 11) is 0. The van der Waals surface area contributed by atoms with E-state index in [0.29, 0.717) is 39.3 Å². The number of hydrogen-bond acceptors (Lipinski definition) is 7. The Morgan fingerprint density at radius 2 is 2.23 bits per heavy atom. The summed E-state index contributed by atoms with van der Waals surface area (Å²) in [6.07, 6.45) is 7.36. The van der Waals surface area contributed by atoms with Crippen molar-refractivity contribution in [3.63, 3.8) is 0 Å². The summed E-state index contributed by atoms with van der Waals surface area (Å²) in [6.45, 7) is 5.91. The molecule has 9 heteroatoms. The van der Waals surface area contributed by atoms with E-state index < -0.39 is 0 Å². The van der Waals surface area contributed by atoms with Crippen LogP contribution >= 0.6 is 24.0 Å². The molecular weight excluding hydrogens is 432 g/mol. The summed E-state index contributed by atoms with van der Waals surface area (Å²) in [6, 6.07) is 3.74. The zero-order valence-electron chi connectivity index (χ0n) is 17.7. The van der Waals surface area contributed by atoms with Gasteiger partial charge in [-0.1, -0.05) is 43.4 Å². The normalized spacial score (nSPS) is 20.4. The lowest BCUT2D eigenvalue weighted by atomic mass is 10.2. The number of carbonyl (C=O) groups is 1. The molecular formula is C22H26N4O3S2. The van der Waals surface area contributed by atoms with E-state index in [0.717, 1.165) is 37.9 Å². The molecule has 164 valence electrons. The molecule has 4 rings (SSSR count). The van der Waals surface area contributed by atoms with Gasteiger partial charge in [-0.3, -0.25) is 18.9 Å². The number of thioether (sulfide) groups is 1. The fourth-order valence-corrected chi connectivity index (χ4v) is 4.97. The van der Waals surface area contributed by atoms with Gasteiger partial charge in [0.15, 0.2) is 0 Å². The molecule has 1 unspecified atom stereocenters. The highest BCUT2D eigenvalue weighted by Crippen LogP contribution is 2.33. The standard InChI is InChI=1S/C22H26N4O3S2/c1-3-4-9-25-21(28)17(31-22(25)30)11-16-19(23-12-15-6-5-10-29-15)24-18-8-7-14(2)13-26(18)20(16)27/h7-8,11,13,15,23H,3-6,9-10,12H2,1-2H3. The summed E-state index contributed by atoms with van der Waals surface area (Å²) < 4.78 is 7.75. The van der Waals surface area contributed by atoms with Gasteiger partial charge < -0.3 is 10.1 Å². The maximum absolute atomic E-state index is 13.4. The Morgan fingerprint density at radius 3 is 2.97 bits per heavy atom. The fourth-order valence-electron chi connectivity index (χ4n) is 3.68. The van der Waals surface area contributed by atoms with Gasteiger partial charge >= 0.3 is 0 Å². The number of unbranched alkanes of at least 4 members (excludes halogenated alkanes) is 1. The van der Waals surface area contributed by atoms with Gasteiger partial charge in [0.2, 0.25) is 0 Å². The quantitative estimate of drug-likeness (QED) is 0.502. The van der Waals surface area contributed by atoms with Crippen molar-refractivity contribution in [3.05, 3.63) is 44.7 Å². The number of pyridine rings is 1. The number of amides is 1. The minimum absolute atomic E-state index is 0.0957. The molecule has 7 nitrogen and oxygen atoms in total. The van der Waals surface area contributed by atoms with E-state index >= 15 is 0 Å². The molecule has 2 aliphatic rings. The molecule has 0 bridgehead atoms. The number of aromatic nitrogens is 2. The number of aryl methyl sites for hydroxylation is 1. The molecule has 0 aliphatic carbocycles. The predicted octanol–water partition coefficient (Wildman–Crippen LogP) is 3.60. The van der Waals surface area contributed by atoms with Gasteiger partial charge in [0.05, 0.1) is 16.6 Å². The average molecular weight is 459 g/mol. The van der Waals surface area contributed by atoms with Crippen molar-refractivity contribution in [2.75, 3.05) is 25.0 Å². The predicted molar refractivity (Wildman–Crippen MR) is 128 cm³/mol. The summed E-state index contributed by atoms with van der Waals surface area (Å²) in [5.74, 6) is 0.311. The molecule has 1 atom stereocenters. The van der Waals surface area contributed by atoms with Crippen LogP contribution in [0.1, 0.15) is 43.7 Å². The lowest BCUT2D eigenvalue weighted by Crippen LogP contribution is -2.29. The van der Waals surface area contributed by atoms with E-state index in [1.807, 2.05) is 19.1 Å². The molecule has 4 heterocycles. The number of rotatable bonds is 7. The van der Waals surface area contributed by atoms with Gasteiger partial charge in [0.1, 0.15) is 15.8 Å². The Hall–Kier alpha value is -2.23. The number of nitrogens with zero attached hydrogens (tertiary/aromatic N) is 3. The second kappa shape index (κ2) is 9.50. The molecule has 31 heavy (non-hydrogen) atoms. The Labute approximate surface area is 190 Å². The number of carbonyl (C=O) groups excluding carboxylic acids is 1. The Morgan fingerprint density at radius 1 is 1.39 bits per heavy atom. The van der Waals surface area contributed by atoms with Crippen LogP contribution in [0.4, 0.5) is 5.82 Å². The zero-order valence-corrected chi connectivity index (χ0v) is 19.4. The Bertz CT molecular complexity index is 1110. The first kappa shape index (κ1) is 22.0. The zero-order chi connectivity index (χ0) is 22.0. The van der Waals surface area contributed by atoms with E-state index in [2.05, 4.69) is 17.2 Å². The van der Waals surface area contributed by atoms with E-state index in [-0.39, 0.29) is 17.6 Å². The molecule has 1 amide bonds. The minimum Gasteiger partial charge on any atom is -0.376 e. The van der Waals surface area contributed by atoms with Crippen LogP contribution < -0.4 is 10.9 Å². The number of nitrogens with one attached hydrogen (secondary N) is 1. The van der Waals surface area contributed by atoms with E-state index in [1.165, 1.54) is 16.2 Å². The van der Waals surface area contributed by atoms with Gasteiger partial charge in [-0.25, -0.2) is 4.98 Å². The summed E-state index contributed by atoms with van der Waals surface area (Å²) >= 11 is 6.64. The minimum atomic E-state index is -0.220. The summed E-state index contributed by atoms with van der Waals surface area (Å²) in [5, 5.41) is 3.29. The van der Waals surface area contributed by atoms with Crippen LogP contribution in [-0.4, -0.2) is 50.3 Å². The van der Waals surface area contributed by atoms with Crippen LogP contribution in [0, 0.1) is 6.92 Å². The molecule has 2 aliphatic heterocycles. The van der Waals surface area contributed by atoms with Gasteiger partial charge in [-0.05, 0) is 43.9 Å². The Kier molecular flexibility index (Phi) is 6.74. The summed E-state index contributed by atoms with van der Waals surface area (Å²) in [4.78, 5) is 33.0. The largest absolute Gasteiger partial charge is 0.376 e. The highest BCUT2D eigenvalue weighted by Gasteiger charge is 2.32. The highest BCUT2D eigenvalue weighted by molar-refractivity contribution is 8.26. The lowest BCUT2D eigenvalue weighted by Gasteiger charge is -2.15. The van der Waals surface area contributed by atoms with Crippen molar-refractivity contribution in [3.8, 4) is 0 Å². The van der Waals surface area contributed by atoms with Crippen molar-refractivity contribution >= 4 is 51.7 Å². The fraction of sp³-hybridized carbons (Fsp3) is 0.455. The first-order valence-electron chi connectivity index (χ1n) is 10.6. The number of ether oxygens (including phenoxy) is 1. The van der Waals surface area contributed by atoms with Crippen LogP contribution in [0.5, 0.6) is 0 Å². The maximum atomic E-state index is 13.4. The van der Waals surface area contributed by atoms with Gasteiger partial charge in [0, 0.05) is 25.9 Å². The van der Waals surface area contributed by atoms with Crippen molar-refractivity contribution in [1.29, 1.82) is 0 Å². The van der Waals surface area contributed by atoms with Crippen LogP contribution in [-0.2, 0) is 9.53 Å². The van der Waals surface area contributed by atoms with Crippen LogP contribution in [0.15, 0.2) is 28.0 Å². The topological polar surface area (TPSA) is 75.9 Å². The van der Waals surface area contributed by atoms with Crippen molar-refractivity contribution < 1.29 is 9.53 Å². The first-order valence-corrected chi connectivity index (χ1v) is 11.8. The van der Waals surface area contributed by atoms with E-state index in [1.54, 1.807) is 17.2 Å². The van der Waals surface area contributed by atoms with Crippen molar-refractivity contribution in [1.82, 2.24) is 14.3 Å². The van der Waals surface area contributed by atoms with Crippen LogP contribution in [0.2, 0.25) is 0 Å². The van der Waals surface area contributed by atoms with Gasteiger partial charge in [-0.2, -0.15) is 0 Å². The molecule has 0 aromatic carbocycles. The molecule has 0 spiro atoms. The maximum Gasteiger partial charge on any atom is 0.267 e. The lowest BCUT2D eigenvalue weighted by molar-refractivity contribution is -0.122. The molecule has 2 aromatic rings. The first-order chi connectivity index (χ1) is 15.0. The third-order valence-electron chi connectivity index (χ3n) is 5.41. The van der Waals surface area contributed by atoms with Crippen LogP contribution in [0.25, 0.3) is 11.7 Å². The number of thiocarbonyl (C=S) groups is 1. The molecule has 0 saturated carbocycles. The number of anilines is 1. The number of fused-ring (bicyclic) bond motifs is 1. The average Bonchev–Trinajstić information content (AvgIpc) is 3.36. The molecule has 0 radical (unpaired) electrons. The SMILES string of the molecule is CCCCN1C(=O)C(=Cc2c(NCC3CCCO3)nc3ccc(C)cn3c2=O)SC1=S. The van der Waals surface area contributed by atoms with Crippen molar-refractivity contribution in [2.24, 2.45) is 0 Å². The smallest absolute Gasteiger partial charge is 0.267 e. The third kappa shape index (κ3) is 4.68. The van der Waals surface area contributed by atoms with Gasteiger partial charge in [0.25, 0.3) is 11.5 Å². The third-order valence-corrected chi connectivity index (χ3v) is 6.79. The number of hydrogen-bond donors (Lipinski definition) is 1. The second-order valence-electron chi connectivity index (χ2n) is 7.82. The van der Waals surface area contributed by atoms with Crippen molar-refractivity contribution in [2.45, 2.75) is 45.6 Å². The Balaban J connectivity index is 1.73. The van der Waals surface area contributed by atoms with Gasteiger partial charge in [-0.15, -0.1) is 0 Å². The molecule has 2 aromatic heterocycles. The molecule has 2 fully saturated rings.